The molecule has 0 heterocycles. The van der Waals surface area contributed by atoms with Crippen molar-refractivity contribution < 1.29 is 0 Å². The zero-order valence-corrected chi connectivity index (χ0v) is 38.3. The monoisotopic (exact) mass is 851 g/mol. The van der Waals surface area contributed by atoms with Crippen molar-refractivity contribution in [3.05, 3.63) is 222 Å². The van der Waals surface area contributed by atoms with Crippen molar-refractivity contribution in [3.8, 4) is 44.5 Å². The zero-order chi connectivity index (χ0) is 44.0. The first-order valence-corrected chi connectivity index (χ1v) is 24.7. The molecule has 0 atom stereocenters. The van der Waals surface area contributed by atoms with E-state index in [1.165, 1.54) is 133 Å². The number of hydrogen-bond donors (Lipinski definition) is 0. The van der Waals surface area contributed by atoms with E-state index in [4.69, 9.17) is 0 Å². The van der Waals surface area contributed by atoms with Crippen molar-refractivity contribution in [2.45, 2.75) is 76.0 Å². The Morgan fingerprint density at radius 3 is 1.76 bits per heavy atom. The molecule has 4 fully saturated rings. The quantitative estimate of drug-likeness (QED) is 0.147. The van der Waals surface area contributed by atoms with E-state index in [1.54, 1.807) is 5.56 Å². The molecule has 8 aromatic rings. The molecular weight excluding hydrogens is 795 g/mol. The molecule has 14 rings (SSSR count). The lowest BCUT2D eigenvalue weighted by Gasteiger charge is -2.57. The molecule has 0 spiro atoms. The molecule has 322 valence electrons. The molecule has 0 aliphatic heterocycles. The topological polar surface area (TPSA) is 3.24 Å². The number of benzene rings is 8. The van der Waals surface area contributed by atoms with Gasteiger partial charge in [0.25, 0.3) is 0 Å². The minimum absolute atomic E-state index is 0.125. The Morgan fingerprint density at radius 2 is 1.02 bits per heavy atom. The Kier molecular flexibility index (Phi) is 9.28. The summed E-state index contributed by atoms with van der Waals surface area (Å²) in [5.41, 5.74) is 20.9. The Balaban J connectivity index is 0.925. The van der Waals surface area contributed by atoms with Crippen LogP contribution in [-0.4, -0.2) is 0 Å². The van der Waals surface area contributed by atoms with Gasteiger partial charge in [0.2, 0.25) is 0 Å². The average Bonchev–Trinajstić information content (AvgIpc) is 3.59. The number of anilines is 2. The predicted molar refractivity (Wildman–Crippen MR) is 278 cm³/mol. The summed E-state index contributed by atoms with van der Waals surface area (Å²) in [4.78, 5) is 2.57. The summed E-state index contributed by atoms with van der Waals surface area (Å²) in [5, 5.41) is 2.50. The highest BCUT2D eigenvalue weighted by molar-refractivity contribution is 5.97. The smallest absolute Gasteiger partial charge is 0.0540 e. The Bertz CT molecular complexity index is 3200. The summed E-state index contributed by atoms with van der Waals surface area (Å²) in [6, 6.07) is 69.2. The van der Waals surface area contributed by atoms with Gasteiger partial charge in [-0.2, -0.15) is 0 Å². The summed E-state index contributed by atoms with van der Waals surface area (Å²) in [6.45, 7) is 4.78. The van der Waals surface area contributed by atoms with Crippen LogP contribution in [0.1, 0.15) is 87.5 Å². The van der Waals surface area contributed by atoms with Crippen LogP contribution in [0.5, 0.6) is 0 Å². The molecule has 4 bridgehead atoms. The minimum Gasteiger partial charge on any atom is -0.310 e. The lowest BCUT2D eigenvalue weighted by Crippen LogP contribution is -2.48. The third-order valence-corrected chi connectivity index (χ3v) is 16.7. The van der Waals surface area contributed by atoms with Gasteiger partial charge in [-0.25, -0.2) is 0 Å². The first-order chi connectivity index (χ1) is 32.4. The summed E-state index contributed by atoms with van der Waals surface area (Å²) in [5.74, 6) is 2.88. The van der Waals surface area contributed by atoms with E-state index in [1.807, 2.05) is 0 Å². The number of hydrogen-bond acceptors (Lipinski definition) is 1. The first-order valence-electron chi connectivity index (χ1n) is 24.7. The van der Waals surface area contributed by atoms with Crippen LogP contribution >= 0.6 is 0 Å². The zero-order valence-electron chi connectivity index (χ0n) is 38.3. The van der Waals surface area contributed by atoms with Crippen molar-refractivity contribution >= 4 is 27.7 Å². The SMILES string of the molecule is CC1(C)c2ccccc2-c2ccc(N(C3=CCCC=C3c3ccccc3)c3ccc(-c4ccc(-c5ccc(C67CC8CC(CC(C8)C6)C7)cc5)cc4)cc3-c3ccc4ccccc4c3)cc21. The lowest BCUT2D eigenvalue weighted by molar-refractivity contribution is -0.00518. The van der Waals surface area contributed by atoms with Crippen LogP contribution in [0.3, 0.4) is 0 Å². The second kappa shape index (κ2) is 15.5. The van der Waals surface area contributed by atoms with E-state index in [-0.39, 0.29) is 5.41 Å². The fraction of sp³-hybridized carbons (Fsp3) is 0.231. The van der Waals surface area contributed by atoms with Gasteiger partial charge in [0.05, 0.1) is 5.69 Å². The summed E-state index contributed by atoms with van der Waals surface area (Å²) < 4.78 is 0. The number of rotatable bonds is 8. The van der Waals surface area contributed by atoms with Gasteiger partial charge in [0, 0.05) is 27.9 Å². The Morgan fingerprint density at radius 1 is 0.424 bits per heavy atom. The maximum absolute atomic E-state index is 2.57. The molecule has 0 radical (unpaired) electrons. The van der Waals surface area contributed by atoms with E-state index in [0.717, 1.165) is 30.6 Å². The molecule has 0 N–H and O–H groups in total. The molecule has 1 nitrogen and oxygen atoms in total. The van der Waals surface area contributed by atoms with Gasteiger partial charge < -0.3 is 4.90 Å². The van der Waals surface area contributed by atoms with Gasteiger partial charge in [-0.1, -0.05) is 178 Å². The van der Waals surface area contributed by atoms with E-state index in [2.05, 4.69) is 213 Å². The largest absolute Gasteiger partial charge is 0.310 e. The van der Waals surface area contributed by atoms with Crippen LogP contribution < -0.4 is 4.90 Å². The van der Waals surface area contributed by atoms with Crippen molar-refractivity contribution in [3.63, 3.8) is 0 Å². The van der Waals surface area contributed by atoms with E-state index in [9.17, 15) is 0 Å². The minimum atomic E-state index is -0.125. The Hall–Kier alpha value is -6.70. The van der Waals surface area contributed by atoms with Crippen LogP contribution in [0, 0.1) is 17.8 Å². The van der Waals surface area contributed by atoms with Gasteiger partial charge in [0.1, 0.15) is 0 Å². The van der Waals surface area contributed by atoms with Gasteiger partial charge in [0.15, 0.2) is 0 Å². The molecule has 8 aromatic carbocycles. The third kappa shape index (κ3) is 6.57. The van der Waals surface area contributed by atoms with Crippen molar-refractivity contribution in [2.75, 3.05) is 4.90 Å². The first kappa shape index (κ1) is 39.6. The summed E-state index contributed by atoms with van der Waals surface area (Å²) in [6.07, 6.45) is 15.6. The highest BCUT2D eigenvalue weighted by Gasteiger charge is 2.51. The van der Waals surface area contributed by atoms with Crippen LogP contribution in [0.2, 0.25) is 0 Å². The van der Waals surface area contributed by atoms with Crippen molar-refractivity contribution in [1.82, 2.24) is 0 Å². The van der Waals surface area contributed by atoms with Gasteiger partial charge in [-0.3, -0.25) is 0 Å². The van der Waals surface area contributed by atoms with E-state index in [0.29, 0.717) is 5.41 Å². The molecule has 4 saturated carbocycles. The van der Waals surface area contributed by atoms with Crippen molar-refractivity contribution in [2.24, 2.45) is 17.8 Å². The standard InChI is InChI=1S/C65H57N/c1-64(2)60-18-10-8-17-57(60)58-32-31-55(39-61(58)64)66(62-19-11-9-16-56(62)50-13-4-3-5-14-50)63-33-28-52(38-59(63)53-25-24-46-12-6-7-15-51(46)37-53)49-22-20-47(21-23-49)48-26-29-54(30-27-48)65-40-43-34-44(41-65)36-45(35-43)42-65/h3-8,10,12-33,37-39,43-45H,9,11,34-36,40-42H2,1-2H3. The predicted octanol–water partition coefficient (Wildman–Crippen LogP) is 17.5. The third-order valence-electron chi connectivity index (χ3n) is 16.7. The molecule has 0 saturated heterocycles. The maximum atomic E-state index is 2.57. The number of nitrogens with zero attached hydrogens (tertiary/aromatic N) is 1. The van der Waals surface area contributed by atoms with Gasteiger partial charge >= 0.3 is 0 Å². The van der Waals surface area contributed by atoms with Crippen LogP contribution in [0.15, 0.2) is 200 Å². The Labute approximate surface area is 391 Å². The summed E-state index contributed by atoms with van der Waals surface area (Å²) >= 11 is 0. The molecule has 6 aliphatic carbocycles. The van der Waals surface area contributed by atoms with E-state index < -0.39 is 0 Å². The molecule has 0 unspecified atom stereocenters. The lowest BCUT2D eigenvalue weighted by atomic mass is 9.48. The normalized spacial score (nSPS) is 22.1. The second-order valence-electron chi connectivity index (χ2n) is 21.0. The fourth-order valence-corrected chi connectivity index (χ4v) is 13.8. The molecule has 6 aliphatic rings. The second-order valence-corrected chi connectivity index (χ2v) is 21.0. The maximum Gasteiger partial charge on any atom is 0.0540 e. The summed E-state index contributed by atoms with van der Waals surface area (Å²) in [7, 11) is 0. The molecule has 1 heteroatoms. The highest BCUT2D eigenvalue weighted by Crippen LogP contribution is 2.61. The fourth-order valence-electron chi connectivity index (χ4n) is 13.8. The van der Waals surface area contributed by atoms with Gasteiger partial charge in [-0.05, 0) is 177 Å². The number of allylic oxidation sites excluding steroid dienone is 3. The molecule has 66 heavy (non-hydrogen) atoms. The average molecular weight is 852 g/mol. The number of fused-ring (bicyclic) bond motifs is 4. The molecule has 0 amide bonds. The van der Waals surface area contributed by atoms with Crippen LogP contribution in [0.4, 0.5) is 11.4 Å². The molecular formula is C65H57N. The van der Waals surface area contributed by atoms with Crippen LogP contribution in [-0.2, 0) is 10.8 Å². The van der Waals surface area contributed by atoms with E-state index >= 15 is 0 Å². The highest BCUT2D eigenvalue weighted by atomic mass is 15.2. The van der Waals surface area contributed by atoms with Crippen LogP contribution in [0.25, 0.3) is 60.9 Å². The van der Waals surface area contributed by atoms with Crippen molar-refractivity contribution in [1.29, 1.82) is 0 Å². The molecule has 0 aromatic heterocycles. The van der Waals surface area contributed by atoms with Gasteiger partial charge in [-0.15, -0.1) is 0 Å².